The van der Waals surface area contributed by atoms with Gasteiger partial charge in [-0.05, 0) is 32.9 Å². The summed E-state index contributed by atoms with van der Waals surface area (Å²) in [4.78, 5) is 35.1. The summed E-state index contributed by atoms with van der Waals surface area (Å²) in [6, 6.07) is 2.94. The average molecular weight is 284 g/mol. The largest absolute Gasteiger partial charge is 0.456 e. The minimum Gasteiger partial charge on any atom is -0.456 e. The van der Waals surface area contributed by atoms with Gasteiger partial charge in [-0.2, -0.15) is 0 Å². The van der Waals surface area contributed by atoms with Crippen molar-refractivity contribution in [1.29, 1.82) is 0 Å². The van der Waals surface area contributed by atoms with Crippen LogP contribution in [0.4, 0.5) is 9.59 Å². The lowest BCUT2D eigenvalue weighted by atomic mass is 10.4. The van der Waals surface area contributed by atoms with E-state index in [1.807, 2.05) is 5.43 Å². The highest BCUT2D eigenvalue weighted by atomic mass is 16.6. The number of hydrazine groups is 1. The van der Waals surface area contributed by atoms with Gasteiger partial charge >= 0.3 is 18.1 Å². The minimum atomic E-state index is -1.03. The van der Waals surface area contributed by atoms with E-state index in [1.54, 1.807) is 26.8 Å². The lowest BCUT2D eigenvalue weighted by Gasteiger charge is -2.18. The second-order valence-electron chi connectivity index (χ2n) is 3.58. The van der Waals surface area contributed by atoms with Crippen molar-refractivity contribution >= 4 is 18.1 Å². The van der Waals surface area contributed by atoms with E-state index in [0.717, 1.165) is 0 Å². The van der Waals surface area contributed by atoms with Crippen LogP contribution in [0.15, 0.2) is 16.5 Å². The average Bonchev–Trinajstić information content (AvgIpc) is 2.82. The number of nitrogens with one attached hydrogen (secondary N) is 1. The first-order valence-corrected chi connectivity index (χ1v) is 6.00. The maximum absolute atomic E-state index is 12.1. The lowest BCUT2D eigenvalue weighted by molar-refractivity contribution is 0.0496. The van der Waals surface area contributed by atoms with Gasteiger partial charge in [0.2, 0.25) is 0 Å². The van der Waals surface area contributed by atoms with Gasteiger partial charge in [0.25, 0.3) is 0 Å². The molecule has 1 rings (SSSR count). The van der Waals surface area contributed by atoms with Crippen LogP contribution in [0.1, 0.15) is 30.2 Å². The molecule has 8 heteroatoms. The highest BCUT2D eigenvalue weighted by Crippen LogP contribution is 2.09. The molecule has 1 aromatic heterocycles. The fourth-order valence-corrected chi connectivity index (χ4v) is 1.28. The van der Waals surface area contributed by atoms with Crippen LogP contribution < -0.4 is 5.43 Å². The number of nitrogens with zero attached hydrogens (tertiary/aromatic N) is 1. The summed E-state index contributed by atoms with van der Waals surface area (Å²) in [5.74, 6) is -0.467. The molecule has 0 saturated carbocycles. The number of hydrogen-bond donors (Lipinski definition) is 1. The number of ether oxygens (including phenoxy) is 2. The van der Waals surface area contributed by atoms with E-state index < -0.39 is 18.1 Å². The highest BCUT2D eigenvalue weighted by molar-refractivity contribution is 6.01. The topological polar surface area (TPSA) is 98.1 Å². The molecule has 0 unspecified atom stereocenters. The first kappa shape index (κ1) is 15.5. The molecule has 8 nitrogen and oxygen atoms in total. The Bertz CT molecular complexity index is 496. The summed E-state index contributed by atoms with van der Waals surface area (Å²) in [5.41, 5.74) is 2.00. The van der Waals surface area contributed by atoms with Gasteiger partial charge in [-0.15, -0.1) is 5.01 Å². The van der Waals surface area contributed by atoms with E-state index in [0.29, 0.717) is 10.8 Å². The van der Waals surface area contributed by atoms with Gasteiger partial charge in [-0.25, -0.2) is 15.0 Å². The predicted molar refractivity (Wildman–Crippen MR) is 66.8 cm³/mol. The molecular formula is C12H16N2O6. The van der Waals surface area contributed by atoms with Gasteiger partial charge in [0.05, 0.1) is 13.2 Å². The third-order valence-electron chi connectivity index (χ3n) is 2.08. The Kier molecular flexibility index (Phi) is 5.57. The van der Waals surface area contributed by atoms with Crippen LogP contribution in [-0.4, -0.2) is 36.3 Å². The van der Waals surface area contributed by atoms with E-state index in [4.69, 9.17) is 4.42 Å². The second-order valence-corrected chi connectivity index (χ2v) is 3.58. The standard InChI is InChI=1S/C12H16N2O6/c1-4-18-11(16)13-14(12(17)19-5-2)10(15)9-7-6-8(3)20-9/h6-7H,4-5H2,1-3H3,(H,13,16). The Morgan fingerprint density at radius 2 is 1.85 bits per heavy atom. The van der Waals surface area contributed by atoms with Crippen molar-refractivity contribution in [3.8, 4) is 0 Å². The quantitative estimate of drug-likeness (QED) is 0.850. The fraction of sp³-hybridized carbons (Fsp3) is 0.417. The van der Waals surface area contributed by atoms with Crippen LogP contribution in [0, 0.1) is 6.92 Å². The van der Waals surface area contributed by atoms with E-state index in [-0.39, 0.29) is 19.0 Å². The monoisotopic (exact) mass is 284 g/mol. The Morgan fingerprint density at radius 1 is 1.20 bits per heavy atom. The zero-order valence-electron chi connectivity index (χ0n) is 11.5. The number of rotatable bonds is 3. The minimum absolute atomic E-state index is 0.0459. The van der Waals surface area contributed by atoms with Crippen LogP contribution >= 0.6 is 0 Å². The van der Waals surface area contributed by atoms with Gasteiger partial charge in [-0.1, -0.05) is 0 Å². The zero-order valence-corrected chi connectivity index (χ0v) is 11.5. The normalized spacial score (nSPS) is 9.75. The third-order valence-corrected chi connectivity index (χ3v) is 2.08. The van der Waals surface area contributed by atoms with Gasteiger partial charge in [0, 0.05) is 0 Å². The summed E-state index contributed by atoms with van der Waals surface area (Å²) >= 11 is 0. The molecule has 0 saturated heterocycles. The van der Waals surface area contributed by atoms with Crippen molar-refractivity contribution in [3.05, 3.63) is 23.7 Å². The second kappa shape index (κ2) is 7.17. The first-order chi connectivity index (χ1) is 9.49. The molecule has 0 bridgehead atoms. The molecule has 0 aliphatic carbocycles. The number of carbonyl (C=O) groups is 3. The molecule has 0 fully saturated rings. The number of hydrogen-bond acceptors (Lipinski definition) is 6. The number of imide groups is 1. The molecule has 0 spiro atoms. The molecule has 20 heavy (non-hydrogen) atoms. The number of carbonyl (C=O) groups excluding carboxylic acids is 3. The Morgan fingerprint density at radius 3 is 2.35 bits per heavy atom. The molecule has 3 amide bonds. The zero-order chi connectivity index (χ0) is 15.1. The number of furan rings is 1. The van der Waals surface area contributed by atoms with Crippen molar-refractivity contribution in [2.45, 2.75) is 20.8 Å². The van der Waals surface area contributed by atoms with Crippen molar-refractivity contribution in [3.63, 3.8) is 0 Å². The maximum atomic E-state index is 12.1. The Hall–Kier alpha value is -2.51. The summed E-state index contributed by atoms with van der Waals surface area (Å²) in [6.07, 6.45) is -1.98. The van der Waals surface area contributed by atoms with E-state index in [1.165, 1.54) is 6.07 Å². The van der Waals surface area contributed by atoms with E-state index in [2.05, 4.69) is 9.47 Å². The molecule has 0 aliphatic rings. The fourth-order valence-electron chi connectivity index (χ4n) is 1.28. The summed E-state index contributed by atoms with van der Waals surface area (Å²) in [7, 11) is 0. The maximum Gasteiger partial charge on any atom is 0.436 e. The molecular weight excluding hydrogens is 268 g/mol. The van der Waals surface area contributed by atoms with Crippen LogP contribution in [0.5, 0.6) is 0 Å². The van der Waals surface area contributed by atoms with Crippen molar-refractivity contribution in [2.24, 2.45) is 0 Å². The highest BCUT2D eigenvalue weighted by Gasteiger charge is 2.28. The lowest BCUT2D eigenvalue weighted by Crippen LogP contribution is -2.50. The molecule has 1 aromatic rings. The first-order valence-electron chi connectivity index (χ1n) is 6.00. The molecule has 1 heterocycles. The summed E-state index contributed by atoms with van der Waals surface area (Å²) in [6.45, 7) is 4.94. The van der Waals surface area contributed by atoms with Gasteiger partial charge in [-0.3, -0.25) is 4.79 Å². The van der Waals surface area contributed by atoms with Gasteiger partial charge in [0.15, 0.2) is 5.76 Å². The smallest absolute Gasteiger partial charge is 0.436 e. The predicted octanol–water partition coefficient (Wildman–Crippen LogP) is 1.85. The van der Waals surface area contributed by atoms with Crippen molar-refractivity contribution in [1.82, 2.24) is 10.4 Å². The van der Waals surface area contributed by atoms with Crippen molar-refractivity contribution < 1.29 is 28.3 Å². The molecule has 0 aliphatic heterocycles. The van der Waals surface area contributed by atoms with E-state index >= 15 is 0 Å². The van der Waals surface area contributed by atoms with Crippen LogP contribution in [0.3, 0.4) is 0 Å². The van der Waals surface area contributed by atoms with Gasteiger partial charge in [0.1, 0.15) is 5.76 Å². The van der Waals surface area contributed by atoms with Crippen LogP contribution in [-0.2, 0) is 9.47 Å². The van der Waals surface area contributed by atoms with E-state index in [9.17, 15) is 14.4 Å². The Balaban J connectivity index is 2.89. The molecule has 0 atom stereocenters. The van der Waals surface area contributed by atoms with Gasteiger partial charge < -0.3 is 13.9 Å². The summed E-state index contributed by atoms with van der Waals surface area (Å²) < 4.78 is 14.4. The van der Waals surface area contributed by atoms with Crippen molar-refractivity contribution in [2.75, 3.05) is 13.2 Å². The SMILES string of the molecule is CCOC(=O)NN(C(=O)OCC)C(=O)c1ccc(C)o1. The number of aryl methyl sites for hydroxylation is 1. The molecule has 0 radical (unpaired) electrons. The van der Waals surface area contributed by atoms with Crippen LogP contribution in [0.2, 0.25) is 0 Å². The molecule has 1 N–H and O–H groups in total. The number of amides is 3. The Labute approximate surface area is 115 Å². The summed E-state index contributed by atoms with van der Waals surface area (Å²) in [5, 5.41) is 0.403. The molecule has 110 valence electrons. The van der Waals surface area contributed by atoms with Crippen LogP contribution in [0.25, 0.3) is 0 Å². The third kappa shape index (κ3) is 4.01. The molecule has 0 aromatic carbocycles.